The van der Waals surface area contributed by atoms with E-state index in [2.05, 4.69) is 20.0 Å². The third-order valence-corrected chi connectivity index (χ3v) is 1.24. The molecule has 0 spiro atoms. The van der Waals surface area contributed by atoms with Crippen molar-refractivity contribution in [2.24, 2.45) is 25.7 Å². The van der Waals surface area contributed by atoms with Crippen LogP contribution in [0.4, 0.5) is 4.79 Å². The van der Waals surface area contributed by atoms with E-state index in [0.717, 1.165) is 0 Å². The van der Waals surface area contributed by atoms with Gasteiger partial charge in [0.05, 0.1) is 0 Å². The van der Waals surface area contributed by atoms with Crippen molar-refractivity contribution < 1.29 is 4.79 Å². The van der Waals surface area contributed by atoms with Crippen molar-refractivity contribution in [3.8, 4) is 0 Å². The Balaban J connectivity index is 2.54. The standard InChI is InChI=1S/C5H3N5O/c6-3-2-4(8-1-7-2)10-5(11)9-3/h1H,(H2,6,9,11). The van der Waals surface area contributed by atoms with Crippen molar-refractivity contribution in [1.82, 2.24) is 0 Å². The number of nitrogens with zero attached hydrogens (tertiary/aromatic N) is 4. The van der Waals surface area contributed by atoms with Crippen LogP contribution >= 0.6 is 0 Å². The summed E-state index contributed by atoms with van der Waals surface area (Å²) in [7, 11) is 0. The van der Waals surface area contributed by atoms with E-state index in [-0.39, 0.29) is 11.7 Å². The van der Waals surface area contributed by atoms with E-state index < -0.39 is 6.03 Å². The first-order chi connectivity index (χ1) is 5.27. The Morgan fingerprint density at radius 1 is 1.36 bits per heavy atom. The van der Waals surface area contributed by atoms with Crippen LogP contribution in [0, 0.1) is 0 Å². The van der Waals surface area contributed by atoms with Crippen molar-refractivity contribution >= 4 is 29.8 Å². The Kier molecular flexibility index (Phi) is 0.974. The van der Waals surface area contributed by atoms with Crippen LogP contribution in [-0.4, -0.2) is 29.8 Å². The minimum absolute atomic E-state index is 0.0810. The van der Waals surface area contributed by atoms with E-state index in [9.17, 15) is 4.79 Å². The zero-order valence-electron chi connectivity index (χ0n) is 5.35. The number of aliphatic imine (C=N–C) groups is 4. The number of rotatable bonds is 0. The number of hydrogen-bond acceptors (Lipinski definition) is 4. The highest BCUT2D eigenvalue weighted by Crippen LogP contribution is 2.02. The molecule has 0 atom stereocenters. The number of carbonyl (C=O) groups is 1. The molecular weight excluding hydrogens is 146 g/mol. The summed E-state index contributed by atoms with van der Waals surface area (Å²) < 4.78 is 0. The van der Waals surface area contributed by atoms with Crippen molar-refractivity contribution in [3.63, 3.8) is 0 Å². The van der Waals surface area contributed by atoms with Gasteiger partial charge in [-0.25, -0.2) is 14.8 Å². The normalized spacial score (nSPS) is 20.7. The Morgan fingerprint density at radius 3 is 3.00 bits per heavy atom. The minimum Gasteiger partial charge on any atom is -0.382 e. The van der Waals surface area contributed by atoms with Gasteiger partial charge in [0.2, 0.25) is 0 Å². The SMILES string of the molecule is NC1=NC(=O)N=C2N=CN=C12. The van der Waals surface area contributed by atoms with E-state index >= 15 is 0 Å². The fourth-order valence-corrected chi connectivity index (χ4v) is 0.794. The molecule has 2 N–H and O–H groups in total. The van der Waals surface area contributed by atoms with Gasteiger partial charge in [0.25, 0.3) is 0 Å². The van der Waals surface area contributed by atoms with Crippen molar-refractivity contribution in [2.45, 2.75) is 0 Å². The quantitative estimate of drug-likeness (QED) is 0.496. The summed E-state index contributed by atoms with van der Waals surface area (Å²) in [5, 5.41) is 0. The molecule has 2 amide bonds. The number of urea groups is 1. The molecule has 0 saturated heterocycles. The minimum atomic E-state index is -0.629. The average molecular weight is 149 g/mol. The highest BCUT2D eigenvalue weighted by molar-refractivity contribution is 6.72. The van der Waals surface area contributed by atoms with Gasteiger partial charge >= 0.3 is 6.03 Å². The predicted octanol–water partition coefficient (Wildman–Crippen LogP) is -0.641. The van der Waals surface area contributed by atoms with Crippen LogP contribution in [0.3, 0.4) is 0 Å². The zero-order valence-corrected chi connectivity index (χ0v) is 5.35. The Bertz CT molecular complexity index is 348. The summed E-state index contributed by atoms with van der Waals surface area (Å²) in [6.45, 7) is 0. The van der Waals surface area contributed by atoms with Gasteiger partial charge in [0.1, 0.15) is 6.34 Å². The van der Waals surface area contributed by atoms with Gasteiger partial charge in [-0.2, -0.15) is 9.98 Å². The molecule has 2 aliphatic heterocycles. The second-order valence-electron chi connectivity index (χ2n) is 1.94. The van der Waals surface area contributed by atoms with Crippen molar-refractivity contribution in [1.29, 1.82) is 0 Å². The number of amidine groups is 2. The molecule has 11 heavy (non-hydrogen) atoms. The number of carbonyl (C=O) groups excluding carboxylic acids is 1. The van der Waals surface area contributed by atoms with Gasteiger partial charge in [-0.15, -0.1) is 0 Å². The molecule has 2 heterocycles. The third-order valence-electron chi connectivity index (χ3n) is 1.24. The Morgan fingerprint density at radius 2 is 2.18 bits per heavy atom. The van der Waals surface area contributed by atoms with E-state index in [1.165, 1.54) is 6.34 Å². The molecule has 54 valence electrons. The lowest BCUT2D eigenvalue weighted by atomic mass is 10.3. The van der Waals surface area contributed by atoms with Gasteiger partial charge in [0.15, 0.2) is 17.4 Å². The second kappa shape index (κ2) is 1.82. The number of hydrogen-bond donors (Lipinski definition) is 1. The van der Waals surface area contributed by atoms with Crippen LogP contribution in [0.1, 0.15) is 0 Å². The predicted molar refractivity (Wildman–Crippen MR) is 40.4 cm³/mol. The number of amides is 2. The maximum Gasteiger partial charge on any atom is 0.371 e. The molecule has 0 radical (unpaired) electrons. The summed E-state index contributed by atoms with van der Waals surface area (Å²) in [4.78, 5) is 24.9. The first kappa shape index (κ1) is 5.90. The van der Waals surface area contributed by atoms with Crippen molar-refractivity contribution in [2.75, 3.05) is 0 Å². The summed E-state index contributed by atoms with van der Waals surface area (Å²) >= 11 is 0. The molecule has 0 aromatic carbocycles. The largest absolute Gasteiger partial charge is 0.382 e. The summed E-state index contributed by atoms with van der Waals surface area (Å²) in [6, 6.07) is -0.629. The molecule has 6 heteroatoms. The second-order valence-corrected chi connectivity index (χ2v) is 1.94. The molecular formula is C5H3N5O. The van der Waals surface area contributed by atoms with Crippen LogP contribution in [0.25, 0.3) is 0 Å². The number of fused-ring (bicyclic) bond motifs is 1. The van der Waals surface area contributed by atoms with Crippen molar-refractivity contribution in [3.05, 3.63) is 0 Å². The van der Waals surface area contributed by atoms with E-state index in [0.29, 0.717) is 5.71 Å². The summed E-state index contributed by atoms with van der Waals surface area (Å²) in [6.07, 6.45) is 1.29. The fraction of sp³-hybridized carbons (Fsp3) is 0. The van der Waals surface area contributed by atoms with Crippen LogP contribution in [0.15, 0.2) is 20.0 Å². The molecule has 0 bridgehead atoms. The van der Waals surface area contributed by atoms with Gasteiger partial charge in [-0.1, -0.05) is 0 Å². The fourth-order valence-electron chi connectivity index (χ4n) is 0.794. The summed E-state index contributed by atoms with van der Waals surface area (Å²) in [5.74, 6) is 0.333. The molecule has 2 aliphatic rings. The molecule has 0 fully saturated rings. The Hall–Kier alpha value is -1.85. The lowest BCUT2D eigenvalue weighted by Gasteiger charge is -2.02. The first-order valence-corrected chi connectivity index (χ1v) is 2.85. The van der Waals surface area contributed by atoms with Crippen LogP contribution in [0.5, 0.6) is 0 Å². The molecule has 0 unspecified atom stereocenters. The smallest absolute Gasteiger partial charge is 0.371 e. The van der Waals surface area contributed by atoms with Crippen LogP contribution in [-0.2, 0) is 0 Å². The zero-order chi connectivity index (χ0) is 7.84. The van der Waals surface area contributed by atoms with Gasteiger partial charge in [0, 0.05) is 0 Å². The molecule has 0 aliphatic carbocycles. The van der Waals surface area contributed by atoms with E-state index in [1.54, 1.807) is 0 Å². The van der Waals surface area contributed by atoms with Gasteiger partial charge in [-0.05, 0) is 0 Å². The molecule has 0 aromatic rings. The molecule has 2 rings (SSSR count). The number of nitrogens with two attached hydrogens (primary N) is 1. The van der Waals surface area contributed by atoms with Gasteiger partial charge < -0.3 is 5.73 Å². The first-order valence-electron chi connectivity index (χ1n) is 2.85. The lowest BCUT2D eigenvalue weighted by Crippen LogP contribution is -2.32. The molecule has 0 aromatic heterocycles. The average Bonchev–Trinajstić information content (AvgIpc) is 2.34. The van der Waals surface area contributed by atoms with Gasteiger partial charge in [-0.3, -0.25) is 0 Å². The van der Waals surface area contributed by atoms with E-state index in [1.807, 2.05) is 0 Å². The maximum atomic E-state index is 10.6. The monoisotopic (exact) mass is 149 g/mol. The lowest BCUT2D eigenvalue weighted by molar-refractivity contribution is 0.257. The third kappa shape index (κ3) is 0.759. The van der Waals surface area contributed by atoms with Crippen LogP contribution < -0.4 is 5.73 Å². The highest BCUT2D eigenvalue weighted by atomic mass is 16.2. The summed E-state index contributed by atoms with van der Waals surface area (Å²) in [5.41, 5.74) is 5.73. The van der Waals surface area contributed by atoms with Crippen LogP contribution in [0.2, 0.25) is 0 Å². The van der Waals surface area contributed by atoms with E-state index in [4.69, 9.17) is 5.73 Å². The molecule has 0 saturated carbocycles. The topological polar surface area (TPSA) is 92.5 Å². The maximum absolute atomic E-state index is 10.6. The Labute approximate surface area is 61.3 Å². The highest BCUT2D eigenvalue weighted by Gasteiger charge is 2.22. The molecule has 6 nitrogen and oxygen atoms in total.